The topological polar surface area (TPSA) is 71.2 Å². The number of anilines is 3. The Morgan fingerprint density at radius 1 is 1.00 bits per heavy atom. The molecule has 0 saturated carbocycles. The van der Waals surface area contributed by atoms with Gasteiger partial charge in [0.15, 0.2) is 0 Å². The van der Waals surface area contributed by atoms with Crippen LogP contribution in [0.3, 0.4) is 0 Å². The van der Waals surface area contributed by atoms with Crippen molar-refractivity contribution in [2.45, 2.75) is 33.2 Å². The summed E-state index contributed by atoms with van der Waals surface area (Å²) in [4.78, 5) is 16.6. The van der Waals surface area contributed by atoms with Crippen LogP contribution in [0.5, 0.6) is 0 Å². The molecule has 0 aliphatic carbocycles. The van der Waals surface area contributed by atoms with Crippen LogP contribution in [0.2, 0.25) is 0 Å². The largest absolute Gasteiger partial charge is 0.368 e. The van der Waals surface area contributed by atoms with Crippen molar-refractivity contribution < 1.29 is 0 Å². The maximum absolute atomic E-state index is 5.72. The first-order valence-electron chi connectivity index (χ1n) is 6.23. The summed E-state index contributed by atoms with van der Waals surface area (Å²) in [5.41, 5.74) is 5.72. The average molecular weight is 252 g/mol. The highest BCUT2D eigenvalue weighted by Gasteiger charge is 2.16. The molecule has 6 nitrogen and oxygen atoms in total. The Balaban J connectivity index is 2.94. The monoisotopic (exact) mass is 252 g/mol. The number of hydrogen-bond acceptors (Lipinski definition) is 6. The Morgan fingerprint density at radius 2 is 1.56 bits per heavy atom. The van der Waals surface area contributed by atoms with Crippen LogP contribution in [0.1, 0.15) is 27.2 Å². The lowest BCUT2D eigenvalue weighted by atomic mass is 10.0. The highest BCUT2D eigenvalue weighted by molar-refractivity contribution is 5.42. The minimum Gasteiger partial charge on any atom is -0.368 e. The fraction of sp³-hybridized carbons (Fsp3) is 0.750. The van der Waals surface area contributed by atoms with E-state index in [4.69, 9.17) is 5.73 Å². The van der Waals surface area contributed by atoms with Gasteiger partial charge in [-0.1, -0.05) is 13.8 Å². The van der Waals surface area contributed by atoms with Gasteiger partial charge in [-0.3, -0.25) is 0 Å². The van der Waals surface area contributed by atoms with Crippen LogP contribution in [0.15, 0.2) is 0 Å². The SMILES string of the molecule is CC(C)CC(C)N(C)c1nc(N)nc(N(C)C)n1. The van der Waals surface area contributed by atoms with Gasteiger partial charge in [0.2, 0.25) is 17.8 Å². The van der Waals surface area contributed by atoms with Gasteiger partial charge in [-0.2, -0.15) is 15.0 Å². The highest BCUT2D eigenvalue weighted by atomic mass is 15.3. The number of nitrogens with zero attached hydrogens (tertiary/aromatic N) is 5. The van der Waals surface area contributed by atoms with Crippen LogP contribution in [-0.2, 0) is 0 Å². The molecule has 1 rings (SSSR count). The van der Waals surface area contributed by atoms with Gasteiger partial charge < -0.3 is 15.5 Å². The van der Waals surface area contributed by atoms with Gasteiger partial charge in [0.25, 0.3) is 0 Å². The van der Waals surface area contributed by atoms with Crippen molar-refractivity contribution >= 4 is 17.8 Å². The summed E-state index contributed by atoms with van der Waals surface area (Å²) in [7, 11) is 5.76. The zero-order valence-electron chi connectivity index (χ0n) is 12.2. The van der Waals surface area contributed by atoms with Gasteiger partial charge in [-0.15, -0.1) is 0 Å². The summed E-state index contributed by atoms with van der Waals surface area (Å²) >= 11 is 0. The van der Waals surface area contributed by atoms with E-state index in [1.165, 1.54) is 0 Å². The Hall–Kier alpha value is -1.59. The molecule has 1 aromatic heterocycles. The third-order valence-corrected chi connectivity index (χ3v) is 2.82. The normalized spacial score (nSPS) is 12.6. The van der Waals surface area contributed by atoms with Crippen LogP contribution >= 0.6 is 0 Å². The second-order valence-corrected chi connectivity index (χ2v) is 5.28. The Morgan fingerprint density at radius 3 is 2.06 bits per heavy atom. The molecule has 1 heterocycles. The molecule has 1 atom stereocenters. The molecule has 0 saturated heterocycles. The molecule has 18 heavy (non-hydrogen) atoms. The average Bonchev–Trinajstić information content (AvgIpc) is 2.26. The standard InChI is InChI=1S/C12H24N6/c1-8(2)7-9(3)18(6)12-15-10(13)14-11(16-12)17(4)5/h8-9H,7H2,1-6H3,(H2,13,14,15,16). The molecular weight excluding hydrogens is 228 g/mol. The van der Waals surface area contributed by atoms with Crippen molar-refractivity contribution in [2.75, 3.05) is 36.7 Å². The van der Waals surface area contributed by atoms with Crippen LogP contribution in [0.4, 0.5) is 17.8 Å². The first-order valence-corrected chi connectivity index (χ1v) is 6.23. The minimum atomic E-state index is 0.257. The number of hydrogen-bond donors (Lipinski definition) is 1. The minimum absolute atomic E-state index is 0.257. The van der Waals surface area contributed by atoms with Crippen LogP contribution in [0, 0.1) is 5.92 Å². The van der Waals surface area contributed by atoms with Gasteiger partial charge in [0.05, 0.1) is 0 Å². The second kappa shape index (κ2) is 5.84. The van der Waals surface area contributed by atoms with E-state index in [0.29, 0.717) is 23.9 Å². The first kappa shape index (κ1) is 14.5. The number of nitrogen functional groups attached to an aromatic ring is 1. The molecule has 0 bridgehead atoms. The lowest BCUT2D eigenvalue weighted by Crippen LogP contribution is -2.32. The number of nitrogens with two attached hydrogens (primary N) is 1. The number of aromatic nitrogens is 3. The van der Waals surface area contributed by atoms with Crippen molar-refractivity contribution in [3.8, 4) is 0 Å². The van der Waals surface area contributed by atoms with E-state index >= 15 is 0 Å². The summed E-state index contributed by atoms with van der Waals surface area (Å²) in [6.07, 6.45) is 1.08. The highest BCUT2D eigenvalue weighted by Crippen LogP contribution is 2.17. The maximum atomic E-state index is 5.72. The van der Waals surface area contributed by atoms with E-state index in [1.807, 2.05) is 30.9 Å². The number of rotatable bonds is 5. The van der Waals surface area contributed by atoms with Crippen molar-refractivity contribution in [3.63, 3.8) is 0 Å². The van der Waals surface area contributed by atoms with Gasteiger partial charge in [0.1, 0.15) is 0 Å². The summed E-state index contributed by atoms with van der Waals surface area (Å²) in [6, 6.07) is 0.363. The summed E-state index contributed by atoms with van der Waals surface area (Å²) < 4.78 is 0. The summed E-state index contributed by atoms with van der Waals surface area (Å²) in [5.74, 6) is 2.10. The molecule has 0 fully saturated rings. The fourth-order valence-corrected chi connectivity index (χ4v) is 1.76. The second-order valence-electron chi connectivity index (χ2n) is 5.28. The molecular formula is C12H24N6. The lowest BCUT2D eigenvalue weighted by Gasteiger charge is -2.26. The molecule has 0 aliphatic heterocycles. The molecule has 1 unspecified atom stereocenters. The van der Waals surface area contributed by atoms with Crippen molar-refractivity contribution in [3.05, 3.63) is 0 Å². The fourth-order valence-electron chi connectivity index (χ4n) is 1.76. The predicted molar refractivity (Wildman–Crippen MR) is 75.9 cm³/mol. The van der Waals surface area contributed by atoms with E-state index in [1.54, 1.807) is 0 Å². The first-order chi connectivity index (χ1) is 8.31. The molecule has 102 valence electrons. The Kier molecular flexibility index (Phi) is 4.69. The van der Waals surface area contributed by atoms with Gasteiger partial charge in [0, 0.05) is 27.2 Å². The zero-order valence-corrected chi connectivity index (χ0v) is 12.2. The molecule has 0 aliphatic rings. The van der Waals surface area contributed by atoms with E-state index in [9.17, 15) is 0 Å². The molecule has 2 N–H and O–H groups in total. The quantitative estimate of drug-likeness (QED) is 0.854. The van der Waals surface area contributed by atoms with E-state index in [-0.39, 0.29) is 5.95 Å². The van der Waals surface area contributed by atoms with E-state index in [2.05, 4.69) is 35.7 Å². The zero-order chi connectivity index (χ0) is 13.9. The van der Waals surface area contributed by atoms with Crippen molar-refractivity contribution in [1.82, 2.24) is 15.0 Å². The lowest BCUT2D eigenvalue weighted by molar-refractivity contribution is 0.499. The predicted octanol–water partition coefficient (Wildman–Crippen LogP) is 1.39. The van der Waals surface area contributed by atoms with Crippen LogP contribution in [-0.4, -0.2) is 42.1 Å². The molecule has 0 radical (unpaired) electrons. The van der Waals surface area contributed by atoms with Crippen molar-refractivity contribution in [1.29, 1.82) is 0 Å². The summed E-state index contributed by atoms with van der Waals surface area (Å²) in [6.45, 7) is 6.57. The van der Waals surface area contributed by atoms with E-state index in [0.717, 1.165) is 6.42 Å². The molecule has 6 heteroatoms. The van der Waals surface area contributed by atoms with Gasteiger partial charge >= 0.3 is 0 Å². The smallest absolute Gasteiger partial charge is 0.231 e. The summed E-state index contributed by atoms with van der Waals surface area (Å²) in [5, 5.41) is 0. The third-order valence-electron chi connectivity index (χ3n) is 2.82. The van der Waals surface area contributed by atoms with Gasteiger partial charge in [-0.25, -0.2) is 0 Å². The van der Waals surface area contributed by atoms with Crippen molar-refractivity contribution in [2.24, 2.45) is 5.92 Å². The maximum Gasteiger partial charge on any atom is 0.231 e. The van der Waals surface area contributed by atoms with E-state index < -0.39 is 0 Å². The Labute approximate surface area is 109 Å². The molecule has 0 aromatic carbocycles. The molecule has 1 aromatic rings. The molecule has 0 spiro atoms. The van der Waals surface area contributed by atoms with Crippen LogP contribution in [0.25, 0.3) is 0 Å². The molecule has 0 amide bonds. The Bertz CT molecular complexity index is 390. The van der Waals surface area contributed by atoms with Gasteiger partial charge in [-0.05, 0) is 19.3 Å². The third kappa shape index (κ3) is 3.72. The van der Waals surface area contributed by atoms with Crippen LogP contribution < -0.4 is 15.5 Å².